The Bertz CT molecular complexity index is 457. The Kier molecular flexibility index (Phi) is 5.09. The number of ether oxygens (including phenoxy) is 1. The fourth-order valence-electron chi connectivity index (χ4n) is 3.09. The van der Waals surface area contributed by atoms with Crippen molar-refractivity contribution in [1.29, 1.82) is 0 Å². The van der Waals surface area contributed by atoms with Crippen LogP contribution in [-0.2, 0) is 17.6 Å². The predicted octanol–water partition coefficient (Wildman–Crippen LogP) is 2.48. The molecule has 3 rings (SSSR count). The Morgan fingerprint density at radius 3 is 3.05 bits per heavy atom. The molecule has 1 fully saturated rings. The number of aryl methyl sites for hydroxylation is 2. The van der Waals surface area contributed by atoms with E-state index in [-0.39, 0.29) is 0 Å². The molecule has 4 heteroatoms. The summed E-state index contributed by atoms with van der Waals surface area (Å²) in [5.41, 5.74) is 2.61. The van der Waals surface area contributed by atoms with Gasteiger partial charge in [-0.25, -0.2) is 4.98 Å². The van der Waals surface area contributed by atoms with Crippen molar-refractivity contribution in [3.8, 4) is 0 Å². The average molecular weight is 289 g/mol. The van der Waals surface area contributed by atoms with Crippen LogP contribution in [0, 0.1) is 0 Å². The van der Waals surface area contributed by atoms with Gasteiger partial charge < -0.3 is 15.0 Å². The van der Waals surface area contributed by atoms with Crippen LogP contribution in [-0.4, -0.2) is 49.3 Å². The molecule has 2 aliphatic rings. The minimum Gasteiger partial charge on any atom is -0.376 e. The molecule has 1 aromatic heterocycles. The topological polar surface area (TPSA) is 37.4 Å². The monoisotopic (exact) mass is 289 g/mol. The first-order valence-corrected chi connectivity index (χ1v) is 8.34. The molecular formula is C17H27N3O. The smallest absolute Gasteiger partial charge is 0.129 e. The second-order valence-corrected chi connectivity index (χ2v) is 6.37. The van der Waals surface area contributed by atoms with E-state index in [0.29, 0.717) is 6.10 Å². The second kappa shape index (κ2) is 7.23. The number of aromatic nitrogens is 1. The highest BCUT2D eigenvalue weighted by atomic mass is 16.5. The van der Waals surface area contributed by atoms with Gasteiger partial charge in [0.15, 0.2) is 0 Å². The Balaban J connectivity index is 1.30. The maximum absolute atomic E-state index is 5.81. The number of nitrogens with zero attached hydrogens (tertiary/aromatic N) is 2. The van der Waals surface area contributed by atoms with Crippen LogP contribution in [0.5, 0.6) is 0 Å². The van der Waals surface area contributed by atoms with Crippen LogP contribution in [0.25, 0.3) is 0 Å². The molecule has 0 bridgehead atoms. The highest BCUT2D eigenvalue weighted by molar-refractivity contribution is 5.46. The van der Waals surface area contributed by atoms with E-state index in [1.165, 1.54) is 43.4 Å². The van der Waals surface area contributed by atoms with Crippen molar-refractivity contribution in [2.75, 3.05) is 38.6 Å². The number of fused-ring (bicyclic) bond motifs is 1. The lowest BCUT2D eigenvalue weighted by Gasteiger charge is -2.35. The number of likely N-dealkylation sites (N-methyl/N-ethyl adjacent to an activating group) is 1. The van der Waals surface area contributed by atoms with E-state index in [0.717, 1.165) is 38.5 Å². The van der Waals surface area contributed by atoms with Crippen LogP contribution in [0.2, 0.25) is 0 Å². The normalized spacial score (nSPS) is 18.9. The summed E-state index contributed by atoms with van der Waals surface area (Å²) in [6.07, 6.45) is 7.58. The van der Waals surface area contributed by atoms with Crippen LogP contribution in [0.4, 0.5) is 5.82 Å². The molecule has 1 aromatic rings. The molecule has 0 unspecified atom stereocenters. The Labute approximate surface area is 127 Å². The zero-order chi connectivity index (χ0) is 14.5. The summed E-state index contributed by atoms with van der Waals surface area (Å²) in [5, 5.41) is 3.41. The fraction of sp³-hybridized carbons (Fsp3) is 0.706. The molecular weight excluding hydrogens is 262 g/mol. The first-order chi connectivity index (χ1) is 10.3. The molecule has 1 saturated heterocycles. The van der Waals surface area contributed by atoms with Crippen LogP contribution in [0.15, 0.2) is 12.1 Å². The molecule has 2 aliphatic heterocycles. The van der Waals surface area contributed by atoms with Gasteiger partial charge in [-0.15, -0.1) is 0 Å². The summed E-state index contributed by atoms with van der Waals surface area (Å²) in [7, 11) is 2.14. The molecule has 0 saturated carbocycles. The molecule has 0 aliphatic carbocycles. The number of hydrogen-bond acceptors (Lipinski definition) is 4. The van der Waals surface area contributed by atoms with Gasteiger partial charge in [-0.1, -0.05) is 12.5 Å². The Morgan fingerprint density at radius 1 is 1.29 bits per heavy atom. The molecule has 0 amide bonds. The fourth-order valence-corrected chi connectivity index (χ4v) is 3.09. The van der Waals surface area contributed by atoms with Crippen LogP contribution in [0.1, 0.15) is 36.9 Å². The molecule has 1 N–H and O–H groups in total. The number of nitrogens with one attached hydrogen (secondary N) is 1. The maximum Gasteiger partial charge on any atom is 0.129 e. The quantitative estimate of drug-likeness (QED) is 0.783. The Morgan fingerprint density at radius 2 is 2.19 bits per heavy atom. The van der Waals surface area contributed by atoms with Gasteiger partial charge in [0.1, 0.15) is 5.82 Å². The third kappa shape index (κ3) is 4.17. The molecule has 0 spiro atoms. The van der Waals surface area contributed by atoms with Gasteiger partial charge >= 0.3 is 0 Å². The van der Waals surface area contributed by atoms with Crippen molar-refractivity contribution in [1.82, 2.24) is 9.88 Å². The van der Waals surface area contributed by atoms with E-state index >= 15 is 0 Å². The summed E-state index contributed by atoms with van der Waals surface area (Å²) in [6.45, 7) is 4.19. The molecule has 21 heavy (non-hydrogen) atoms. The summed E-state index contributed by atoms with van der Waals surface area (Å²) in [6, 6.07) is 4.45. The highest BCUT2D eigenvalue weighted by Crippen LogP contribution is 2.20. The molecule has 0 atom stereocenters. The third-order valence-corrected chi connectivity index (χ3v) is 4.41. The first-order valence-electron chi connectivity index (χ1n) is 8.34. The molecule has 0 radical (unpaired) electrons. The third-order valence-electron chi connectivity index (χ3n) is 4.41. The van der Waals surface area contributed by atoms with E-state index in [9.17, 15) is 0 Å². The van der Waals surface area contributed by atoms with Crippen molar-refractivity contribution in [3.63, 3.8) is 0 Å². The minimum absolute atomic E-state index is 0.489. The number of likely N-dealkylation sites (tertiary alicyclic amines) is 1. The Hall–Kier alpha value is -1.13. The second-order valence-electron chi connectivity index (χ2n) is 6.37. The van der Waals surface area contributed by atoms with E-state index < -0.39 is 0 Å². The number of anilines is 1. The van der Waals surface area contributed by atoms with Gasteiger partial charge in [0.2, 0.25) is 0 Å². The standard InChI is InChI=1S/C17H27N3O/c1-20-12-16(13-20)21-11-4-2-3-7-15-9-8-14-6-5-10-18-17(14)19-15/h8-9,16H,2-7,10-13H2,1H3,(H,18,19). The van der Waals surface area contributed by atoms with E-state index in [4.69, 9.17) is 9.72 Å². The van der Waals surface area contributed by atoms with Gasteiger partial charge in [-0.05, 0) is 50.8 Å². The van der Waals surface area contributed by atoms with E-state index in [2.05, 4.69) is 29.4 Å². The summed E-state index contributed by atoms with van der Waals surface area (Å²) in [5.74, 6) is 1.12. The number of hydrogen-bond donors (Lipinski definition) is 1. The molecule has 116 valence electrons. The zero-order valence-electron chi connectivity index (χ0n) is 13.1. The minimum atomic E-state index is 0.489. The lowest BCUT2D eigenvalue weighted by molar-refractivity contribution is -0.0441. The van der Waals surface area contributed by atoms with Crippen LogP contribution >= 0.6 is 0 Å². The van der Waals surface area contributed by atoms with Crippen molar-refractivity contribution in [2.45, 2.75) is 44.6 Å². The van der Waals surface area contributed by atoms with Crippen molar-refractivity contribution >= 4 is 5.82 Å². The summed E-state index contributed by atoms with van der Waals surface area (Å²) in [4.78, 5) is 7.03. The van der Waals surface area contributed by atoms with Crippen molar-refractivity contribution in [3.05, 3.63) is 23.4 Å². The summed E-state index contributed by atoms with van der Waals surface area (Å²) >= 11 is 0. The average Bonchev–Trinajstić information content (AvgIpc) is 2.48. The predicted molar refractivity (Wildman–Crippen MR) is 85.8 cm³/mol. The van der Waals surface area contributed by atoms with Gasteiger partial charge in [-0.3, -0.25) is 0 Å². The first kappa shape index (κ1) is 14.8. The zero-order valence-corrected chi connectivity index (χ0v) is 13.1. The number of rotatable bonds is 7. The SMILES string of the molecule is CN1CC(OCCCCCc2ccc3c(n2)NCCC3)C1. The van der Waals surface area contributed by atoms with Gasteiger partial charge in [0, 0.05) is 31.9 Å². The molecule has 0 aromatic carbocycles. The van der Waals surface area contributed by atoms with Gasteiger partial charge in [-0.2, -0.15) is 0 Å². The van der Waals surface area contributed by atoms with Crippen molar-refractivity contribution in [2.24, 2.45) is 0 Å². The number of unbranched alkanes of at least 4 members (excludes halogenated alkanes) is 2. The highest BCUT2D eigenvalue weighted by Gasteiger charge is 2.23. The van der Waals surface area contributed by atoms with E-state index in [1.807, 2.05) is 0 Å². The summed E-state index contributed by atoms with van der Waals surface area (Å²) < 4.78 is 5.81. The molecule has 3 heterocycles. The lowest BCUT2D eigenvalue weighted by atomic mass is 10.1. The largest absolute Gasteiger partial charge is 0.376 e. The lowest BCUT2D eigenvalue weighted by Crippen LogP contribution is -2.49. The maximum atomic E-state index is 5.81. The van der Waals surface area contributed by atoms with E-state index in [1.54, 1.807) is 0 Å². The van der Waals surface area contributed by atoms with Crippen molar-refractivity contribution < 1.29 is 4.74 Å². The van der Waals surface area contributed by atoms with Gasteiger partial charge in [0.05, 0.1) is 6.10 Å². The van der Waals surface area contributed by atoms with Crippen LogP contribution in [0.3, 0.4) is 0 Å². The van der Waals surface area contributed by atoms with Crippen LogP contribution < -0.4 is 5.32 Å². The number of pyridine rings is 1. The molecule has 4 nitrogen and oxygen atoms in total. The van der Waals surface area contributed by atoms with Gasteiger partial charge in [0.25, 0.3) is 0 Å².